The van der Waals surface area contributed by atoms with Crippen LogP contribution in [0.25, 0.3) is 0 Å². The number of aliphatic imine (C=N–C) groups is 1. The van der Waals surface area contributed by atoms with Gasteiger partial charge >= 0.3 is 0 Å². The van der Waals surface area contributed by atoms with E-state index in [9.17, 15) is 9.18 Å². The molecule has 0 saturated carbocycles. The van der Waals surface area contributed by atoms with Gasteiger partial charge in [0.25, 0.3) is 0 Å². The molecule has 1 aromatic carbocycles. The molecule has 7 nitrogen and oxygen atoms in total. The zero-order valence-corrected chi connectivity index (χ0v) is 18.9. The molecule has 2 N–H and O–H groups in total. The SMILES string of the molecule is CN(C)C(=O)CN=C(NCCc1ccc(F)cc1)NCCN1CCOCC1.I. The van der Waals surface area contributed by atoms with Crippen LogP contribution < -0.4 is 10.6 Å². The third-order valence-corrected chi connectivity index (χ3v) is 4.31. The largest absolute Gasteiger partial charge is 0.379 e. The predicted octanol–water partition coefficient (Wildman–Crippen LogP) is 0.942. The number of morpholine rings is 1. The third-order valence-electron chi connectivity index (χ3n) is 4.31. The number of hydrogen-bond donors (Lipinski definition) is 2. The number of ether oxygens (including phenoxy) is 1. The lowest BCUT2D eigenvalue weighted by Crippen LogP contribution is -2.45. The van der Waals surface area contributed by atoms with Crippen molar-refractivity contribution >= 4 is 35.8 Å². The minimum Gasteiger partial charge on any atom is -0.379 e. The molecule has 28 heavy (non-hydrogen) atoms. The van der Waals surface area contributed by atoms with E-state index >= 15 is 0 Å². The van der Waals surface area contributed by atoms with Gasteiger partial charge in [-0.25, -0.2) is 9.38 Å². The Hall–Kier alpha value is -1.46. The summed E-state index contributed by atoms with van der Waals surface area (Å²) in [6, 6.07) is 6.46. The molecule has 1 aliphatic rings. The number of carbonyl (C=O) groups excluding carboxylic acids is 1. The Bertz CT molecular complexity index is 607. The lowest BCUT2D eigenvalue weighted by molar-refractivity contribution is -0.127. The van der Waals surface area contributed by atoms with E-state index in [1.54, 1.807) is 26.2 Å². The van der Waals surface area contributed by atoms with E-state index < -0.39 is 0 Å². The molecule has 1 amide bonds. The van der Waals surface area contributed by atoms with E-state index in [0.717, 1.165) is 51.4 Å². The van der Waals surface area contributed by atoms with Crippen molar-refractivity contribution in [3.63, 3.8) is 0 Å². The van der Waals surface area contributed by atoms with Crippen LogP contribution in [-0.4, -0.2) is 88.2 Å². The fourth-order valence-corrected chi connectivity index (χ4v) is 2.60. The molecule has 0 aromatic heterocycles. The maximum Gasteiger partial charge on any atom is 0.243 e. The van der Waals surface area contributed by atoms with Crippen molar-refractivity contribution in [2.75, 3.05) is 66.6 Å². The normalized spacial score (nSPS) is 14.9. The first-order valence-electron chi connectivity index (χ1n) is 9.31. The van der Waals surface area contributed by atoms with E-state index in [1.807, 2.05) is 0 Å². The van der Waals surface area contributed by atoms with E-state index in [1.165, 1.54) is 17.0 Å². The summed E-state index contributed by atoms with van der Waals surface area (Å²) >= 11 is 0. The number of hydrogen-bond acceptors (Lipinski definition) is 4. The van der Waals surface area contributed by atoms with E-state index in [0.29, 0.717) is 12.5 Å². The maximum absolute atomic E-state index is 13.0. The van der Waals surface area contributed by atoms with Crippen molar-refractivity contribution in [2.45, 2.75) is 6.42 Å². The Balaban J connectivity index is 0.00000392. The van der Waals surface area contributed by atoms with Crippen molar-refractivity contribution in [1.29, 1.82) is 0 Å². The second-order valence-electron chi connectivity index (χ2n) is 6.64. The first-order chi connectivity index (χ1) is 13.0. The van der Waals surface area contributed by atoms with Gasteiger partial charge in [-0.3, -0.25) is 9.69 Å². The number of nitrogens with zero attached hydrogens (tertiary/aromatic N) is 3. The molecule has 0 unspecified atom stereocenters. The zero-order valence-electron chi connectivity index (χ0n) is 16.6. The number of rotatable bonds is 8. The first-order valence-corrected chi connectivity index (χ1v) is 9.31. The minimum atomic E-state index is -0.235. The fraction of sp³-hybridized carbons (Fsp3) is 0.579. The highest BCUT2D eigenvalue weighted by Crippen LogP contribution is 2.02. The summed E-state index contributed by atoms with van der Waals surface area (Å²) < 4.78 is 18.3. The van der Waals surface area contributed by atoms with E-state index in [-0.39, 0.29) is 42.2 Å². The molecule has 2 rings (SSSR count). The van der Waals surface area contributed by atoms with E-state index in [2.05, 4.69) is 20.5 Å². The van der Waals surface area contributed by atoms with Gasteiger partial charge in [0.2, 0.25) is 5.91 Å². The van der Waals surface area contributed by atoms with Gasteiger partial charge in [0.1, 0.15) is 12.4 Å². The first kappa shape index (κ1) is 24.6. The second-order valence-corrected chi connectivity index (χ2v) is 6.64. The Morgan fingerprint density at radius 1 is 1.18 bits per heavy atom. The van der Waals surface area contributed by atoms with Crippen LogP contribution in [0.1, 0.15) is 5.56 Å². The van der Waals surface area contributed by atoms with Gasteiger partial charge in [-0.05, 0) is 24.1 Å². The zero-order chi connectivity index (χ0) is 19.5. The Morgan fingerprint density at radius 3 is 2.46 bits per heavy atom. The van der Waals surface area contributed by atoms with Crippen LogP contribution in [0.3, 0.4) is 0 Å². The van der Waals surface area contributed by atoms with Crippen molar-refractivity contribution in [1.82, 2.24) is 20.4 Å². The van der Waals surface area contributed by atoms with Crippen molar-refractivity contribution in [3.05, 3.63) is 35.6 Å². The van der Waals surface area contributed by atoms with Crippen molar-refractivity contribution in [3.8, 4) is 0 Å². The molecular weight excluding hydrogens is 476 g/mol. The second kappa shape index (κ2) is 13.7. The monoisotopic (exact) mass is 507 g/mol. The molecule has 9 heteroatoms. The maximum atomic E-state index is 13.0. The van der Waals surface area contributed by atoms with Crippen LogP contribution in [-0.2, 0) is 16.0 Å². The molecule has 158 valence electrons. The lowest BCUT2D eigenvalue weighted by atomic mass is 10.1. The molecule has 0 atom stereocenters. The standard InChI is InChI=1S/C19H30FN5O2.HI/c1-24(2)18(26)15-23-19(22-9-10-25-11-13-27-14-12-25)21-8-7-16-3-5-17(20)6-4-16;/h3-6H,7-15H2,1-2H3,(H2,21,22,23);1H. The molecule has 0 bridgehead atoms. The smallest absolute Gasteiger partial charge is 0.243 e. The summed E-state index contributed by atoms with van der Waals surface area (Å²) in [4.78, 5) is 20.0. The average molecular weight is 507 g/mol. The van der Waals surface area contributed by atoms with Gasteiger partial charge < -0.3 is 20.3 Å². The predicted molar refractivity (Wildman–Crippen MR) is 120 cm³/mol. The number of amides is 1. The number of halogens is 2. The number of nitrogens with one attached hydrogen (secondary N) is 2. The molecule has 1 aliphatic heterocycles. The van der Waals surface area contributed by atoms with Gasteiger partial charge in [0.15, 0.2) is 5.96 Å². The molecule has 0 spiro atoms. The highest BCUT2D eigenvalue weighted by molar-refractivity contribution is 14.0. The minimum absolute atomic E-state index is 0. The summed E-state index contributed by atoms with van der Waals surface area (Å²) in [6.45, 7) is 5.78. The number of likely N-dealkylation sites (N-methyl/N-ethyl adjacent to an activating group) is 1. The van der Waals surface area contributed by atoms with Crippen LogP contribution in [0.5, 0.6) is 0 Å². The van der Waals surface area contributed by atoms with Gasteiger partial charge in [-0.2, -0.15) is 0 Å². The Labute approximate surface area is 183 Å². The number of carbonyl (C=O) groups is 1. The van der Waals surface area contributed by atoms with Crippen LogP contribution in [0.4, 0.5) is 4.39 Å². The topological polar surface area (TPSA) is 69.2 Å². The average Bonchev–Trinajstić information content (AvgIpc) is 2.67. The molecule has 1 saturated heterocycles. The summed E-state index contributed by atoms with van der Waals surface area (Å²) in [5, 5.41) is 6.53. The summed E-state index contributed by atoms with van der Waals surface area (Å²) in [7, 11) is 3.43. The Kier molecular flexibility index (Phi) is 12.0. The van der Waals surface area contributed by atoms with Gasteiger partial charge in [0, 0.05) is 46.8 Å². The van der Waals surface area contributed by atoms with Crippen LogP contribution in [0.15, 0.2) is 29.3 Å². The molecule has 1 heterocycles. The summed E-state index contributed by atoms with van der Waals surface area (Å²) in [5.41, 5.74) is 1.04. The lowest BCUT2D eigenvalue weighted by Gasteiger charge is -2.26. The van der Waals surface area contributed by atoms with Gasteiger partial charge in [-0.1, -0.05) is 12.1 Å². The number of guanidine groups is 1. The van der Waals surface area contributed by atoms with Crippen molar-refractivity contribution < 1.29 is 13.9 Å². The summed E-state index contributed by atoms with van der Waals surface area (Å²) in [6.07, 6.45) is 0.742. The van der Waals surface area contributed by atoms with Crippen LogP contribution in [0, 0.1) is 5.82 Å². The third kappa shape index (κ3) is 9.65. The molecule has 1 aromatic rings. The van der Waals surface area contributed by atoms with Crippen LogP contribution >= 0.6 is 24.0 Å². The molecular formula is C19H31FIN5O2. The highest BCUT2D eigenvalue weighted by atomic mass is 127. The number of benzene rings is 1. The molecule has 1 fully saturated rings. The molecule has 0 aliphatic carbocycles. The fourth-order valence-electron chi connectivity index (χ4n) is 2.60. The Morgan fingerprint density at radius 2 is 1.82 bits per heavy atom. The highest BCUT2D eigenvalue weighted by Gasteiger charge is 2.10. The quantitative estimate of drug-likeness (QED) is 0.312. The van der Waals surface area contributed by atoms with Gasteiger partial charge in [0.05, 0.1) is 13.2 Å². The summed E-state index contributed by atoms with van der Waals surface area (Å²) in [5.74, 6) is 0.323. The van der Waals surface area contributed by atoms with Crippen molar-refractivity contribution in [2.24, 2.45) is 4.99 Å². The molecule has 0 radical (unpaired) electrons. The van der Waals surface area contributed by atoms with E-state index in [4.69, 9.17) is 4.74 Å². The van der Waals surface area contributed by atoms with Gasteiger partial charge in [-0.15, -0.1) is 24.0 Å². The van der Waals surface area contributed by atoms with Crippen LogP contribution in [0.2, 0.25) is 0 Å².